The standard InChI is InChI=1S/C15H22O3/c1-18-13-6-4-5-12(11-13)15(9-10-16)8-3-2-7-14(15)17/h4-6,11,14,16-17H,2-3,7-10H2,1H3/t14-,15+/m0/s1. The second kappa shape index (κ2) is 5.72. The van der Waals surface area contributed by atoms with E-state index in [1.807, 2.05) is 24.3 Å². The normalized spacial score (nSPS) is 28.1. The third-order valence-electron chi connectivity index (χ3n) is 4.19. The first-order valence-corrected chi connectivity index (χ1v) is 6.66. The second-order valence-electron chi connectivity index (χ2n) is 5.12. The molecule has 1 aromatic carbocycles. The Morgan fingerprint density at radius 3 is 2.89 bits per heavy atom. The molecule has 0 amide bonds. The highest BCUT2D eigenvalue weighted by molar-refractivity contribution is 5.35. The molecule has 1 fully saturated rings. The van der Waals surface area contributed by atoms with Crippen LogP contribution < -0.4 is 4.74 Å². The fraction of sp³-hybridized carbons (Fsp3) is 0.600. The molecule has 0 radical (unpaired) electrons. The molecule has 1 saturated carbocycles. The van der Waals surface area contributed by atoms with Crippen LogP contribution in [0.4, 0.5) is 0 Å². The first-order chi connectivity index (χ1) is 8.73. The molecule has 1 aromatic rings. The lowest BCUT2D eigenvalue weighted by Gasteiger charge is -2.42. The van der Waals surface area contributed by atoms with Crippen molar-refractivity contribution >= 4 is 0 Å². The van der Waals surface area contributed by atoms with Crippen molar-refractivity contribution in [2.45, 2.75) is 43.6 Å². The lowest BCUT2D eigenvalue weighted by atomic mass is 9.65. The molecule has 0 unspecified atom stereocenters. The van der Waals surface area contributed by atoms with E-state index in [9.17, 15) is 10.2 Å². The molecule has 1 aliphatic carbocycles. The summed E-state index contributed by atoms with van der Waals surface area (Å²) in [4.78, 5) is 0. The molecule has 2 rings (SSSR count). The van der Waals surface area contributed by atoms with Gasteiger partial charge in [-0.1, -0.05) is 25.0 Å². The van der Waals surface area contributed by atoms with Gasteiger partial charge in [-0.15, -0.1) is 0 Å². The monoisotopic (exact) mass is 250 g/mol. The molecule has 3 nitrogen and oxygen atoms in total. The number of aliphatic hydroxyl groups is 2. The second-order valence-corrected chi connectivity index (χ2v) is 5.12. The fourth-order valence-corrected chi connectivity index (χ4v) is 3.13. The van der Waals surface area contributed by atoms with E-state index in [1.54, 1.807) is 7.11 Å². The summed E-state index contributed by atoms with van der Waals surface area (Å²) < 4.78 is 5.26. The van der Waals surface area contributed by atoms with Crippen LogP contribution in [0.1, 0.15) is 37.7 Å². The van der Waals surface area contributed by atoms with Gasteiger partial charge >= 0.3 is 0 Å². The molecule has 3 heteroatoms. The maximum Gasteiger partial charge on any atom is 0.119 e. The molecule has 0 bridgehead atoms. The lowest BCUT2D eigenvalue weighted by molar-refractivity contribution is 0.0261. The first kappa shape index (κ1) is 13.4. The molecule has 1 aliphatic rings. The third kappa shape index (κ3) is 2.38. The summed E-state index contributed by atoms with van der Waals surface area (Å²) in [7, 11) is 1.65. The van der Waals surface area contributed by atoms with Crippen molar-refractivity contribution in [3.63, 3.8) is 0 Å². The van der Waals surface area contributed by atoms with E-state index < -0.39 is 0 Å². The van der Waals surface area contributed by atoms with E-state index >= 15 is 0 Å². The highest BCUT2D eigenvalue weighted by Crippen LogP contribution is 2.43. The number of ether oxygens (including phenoxy) is 1. The minimum atomic E-state index is -0.370. The number of hydrogen-bond donors (Lipinski definition) is 2. The van der Waals surface area contributed by atoms with Gasteiger partial charge in [-0.3, -0.25) is 0 Å². The molecule has 2 N–H and O–H groups in total. The van der Waals surface area contributed by atoms with Gasteiger partial charge in [0.1, 0.15) is 5.75 Å². The minimum Gasteiger partial charge on any atom is -0.497 e. The number of rotatable bonds is 4. The van der Waals surface area contributed by atoms with E-state index in [0.29, 0.717) is 6.42 Å². The fourth-order valence-electron chi connectivity index (χ4n) is 3.13. The number of hydrogen-bond acceptors (Lipinski definition) is 3. The van der Waals surface area contributed by atoms with Crippen molar-refractivity contribution < 1.29 is 14.9 Å². The van der Waals surface area contributed by atoms with Crippen molar-refractivity contribution in [2.24, 2.45) is 0 Å². The average Bonchev–Trinajstić information content (AvgIpc) is 2.42. The molecular formula is C15H22O3. The van der Waals surface area contributed by atoms with Gasteiger partial charge in [0.05, 0.1) is 13.2 Å². The Bertz CT molecular complexity index is 387. The third-order valence-corrected chi connectivity index (χ3v) is 4.19. The van der Waals surface area contributed by atoms with E-state index in [4.69, 9.17) is 4.74 Å². The van der Waals surface area contributed by atoms with Crippen molar-refractivity contribution in [1.82, 2.24) is 0 Å². The maximum absolute atomic E-state index is 10.4. The summed E-state index contributed by atoms with van der Waals surface area (Å²) in [5, 5.41) is 19.8. The van der Waals surface area contributed by atoms with Crippen LogP contribution in [0.25, 0.3) is 0 Å². The molecule has 0 aliphatic heterocycles. The predicted molar refractivity (Wildman–Crippen MR) is 70.8 cm³/mol. The van der Waals surface area contributed by atoms with Gasteiger partial charge in [0.15, 0.2) is 0 Å². The van der Waals surface area contributed by atoms with Gasteiger partial charge < -0.3 is 14.9 Å². The molecule has 0 saturated heterocycles. The Balaban J connectivity index is 2.38. The Morgan fingerprint density at radius 1 is 1.39 bits per heavy atom. The quantitative estimate of drug-likeness (QED) is 0.861. The van der Waals surface area contributed by atoms with Gasteiger partial charge in [-0.25, -0.2) is 0 Å². The van der Waals surface area contributed by atoms with E-state index in [0.717, 1.165) is 37.0 Å². The smallest absolute Gasteiger partial charge is 0.119 e. The van der Waals surface area contributed by atoms with Gasteiger partial charge in [0.25, 0.3) is 0 Å². The van der Waals surface area contributed by atoms with Crippen LogP contribution in [0.5, 0.6) is 5.75 Å². The maximum atomic E-state index is 10.4. The zero-order valence-corrected chi connectivity index (χ0v) is 10.9. The molecule has 18 heavy (non-hydrogen) atoms. The Kier molecular flexibility index (Phi) is 4.25. The van der Waals surface area contributed by atoms with Crippen LogP contribution in [0.15, 0.2) is 24.3 Å². The summed E-state index contributed by atoms with van der Waals surface area (Å²) in [5.41, 5.74) is 0.782. The first-order valence-electron chi connectivity index (χ1n) is 6.66. The molecule has 2 atom stereocenters. The van der Waals surface area contributed by atoms with E-state index in [1.165, 1.54) is 0 Å². The molecule has 100 valence electrons. The van der Waals surface area contributed by atoms with Crippen molar-refractivity contribution in [3.8, 4) is 5.75 Å². The van der Waals surface area contributed by atoms with Crippen molar-refractivity contribution in [2.75, 3.05) is 13.7 Å². The summed E-state index contributed by atoms with van der Waals surface area (Å²) in [5.74, 6) is 0.808. The summed E-state index contributed by atoms with van der Waals surface area (Å²) in [6.07, 6.45) is 4.16. The lowest BCUT2D eigenvalue weighted by Crippen LogP contribution is -2.43. The molecule has 0 aromatic heterocycles. The van der Waals surface area contributed by atoms with Crippen molar-refractivity contribution in [1.29, 1.82) is 0 Å². The van der Waals surface area contributed by atoms with E-state index in [2.05, 4.69) is 0 Å². The molecule has 0 heterocycles. The highest BCUT2D eigenvalue weighted by Gasteiger charge is 2.40. The number of benzene rings is 1. The zero-order chi connectivity index (χ0) is 13.0. The van der Waals surface area contributed by atoms with Gasteiger partial charge in [0.2, 0.25) is 0 Å². The summed E-state index contributed by atoms with van der Waals surface area (Å²) in [6.45, 7) is 0.105. The van der Waals surface area contributed by atoms with Gasteiger partial charge in [-0.2, -0.15) is 0 Å². The van der Waals surface area contributed by atoms with Crippen molar-refractivity contribution in [3.05, 3.63) is 29.8 Å². The largest absolute Gasteiger partial charge is 0.497 e. The SMILES string of the molecule is COc1cccc([C@]2(CCO)CCCC[C@@H]2O)c1. The van der Waals surface area contributed by atoms with Crippen LogP contribution in [0.2, 0.25) is 0 Å². The van der Waals surface area contributed by atoms with Gasteiger partial charge in [-0.05, 0) is 37.0 Å². The van der Waals surface area contributed by atoms with Gasteiger partial charge in [0, 0.05) is 12.0 Å². The Hall–Kier alpha value is -1.06. The average molecular weight is 250 g/mol. The van der Waals surface area contributed by atoms with E-state index in [-0.39, 0.29) is 18.1 Å². The predicted octanol–water partition coefficient (Wildman–Crippen LogP) is 2.25. The number of methoxy groups -OCH3 is 1. The molecule has 0 spiro atoms. The highest BCUT2D eigenvalue weighted by atomic mass is 16.5. The van der Waals surface area contributed by atoms with Crippen LogP contribution in [-0.4, -0.2) is 30.0 Å². The topological polar surface area (TPSA) is 49.7 Å². The Labute approximate surface area is 108 Å². The zero-order valence-electron chi connectivity index (χ0n) is 10.9. The number of aliphatic hydroxyl groups excluding tert-OH is 2. The van der Waals surface area contributed by atoms with Crippen LogP contribution in [0.3, 0.4) is 0 Å². The van der Waals surface area contributed by atoms with Crippen LogP contribution in [-0.2, 0) is 5.41 Å². The summed E-state index contributed by atoms with van der Waals surface area (Å²) in [6, 6.07) is 7.89. The minimum absolute atomic E-state index is 0.105. The van der Waals surface area contributed by atoms with Crippen LogP contribution in [0, 0.1) is 0 Å². The van der Waals surface area contributed by atoms with Crippen LogP contribution >= 0.6 is 0 Å². The molecular weight excluding hydrogens is 228 g/mol. The summed E-state index contributed by atoms with van der Waals surface area (Å²) >= 11 is 0. The Morgan fingerprint density at radius 2 is 2.22 bits per heavy atom.